The van der Waals surface area contributed by atoms with Crippen molar-refractivity contribution >= 4 is 0 Å². The van der Waals surface area contributed by atoms with E-state index >= 15 is 0 Å². The van der Waals surface area contributed by atoms with Crippen LogP contribution in [0.25, 0.3) is 0 Å². The summed E-state index contributed by atoms with van der Waals surface area (Å²) >= 11 is 0. The quantitative estimate of drug-likeness (QED) is 0.686. The molecule has 0 amide bonds. The topological polar surface area (TPSA) is 52.0 Å². The Morgan fingerprint density at radius 1 is 1.47 bits per heavy atom. The summed E-state index contributed by atoms with van der Waals surface area (Å²) in [6, 6.07) is 0. The van der Waals surface area contributed by atoms with Gasteiger partial charge in [0.15, 0.2) is 0 Å². The van der Waals surface area contributed by atoms with Crippen LogP contribution in [0.1, 0.15) is 30.7 Å². The SMILES string of the molecule is CNCc1nnn(CCCOC)c1CC1CC1. The van der Waals surface area contributed by atoms with Gasteiger partial charge in [0.1, 0.15) is 0 Å². The summed E-state index contributed by atoms with van der Waals surface area (Å²) in [5.74, 6) is 0.866. The van der Waals surface area contributed by atoms with Crippen molar-refractivity contribution in [2.24, 2.45) is 5.92 Å². The summed E-state index contributed by atoms with van der Waals surface area (Å²) in [5.41, 5.74) is 2.43. The van der Waals surface area contributed by atoms with Crippen molar-refractivity contribution in [2.45, 2.75) is 38.8 Å². The lowest BCUT2D eigenvalue weighted by Gasteiger charge is -2.07. The summed E-state index contributed by atoms with van der Waals surface area (Å²) in [5, 5.41) is 11.7. The van der Waals surface area contributed by atoms with Crippen LogP contribution in [0.3, 0.4) is 0 Å². The van der Waals surface area contributed by atoms with Crippen LogP contribution in [0.4, 0.5) is 0 Å². The Labute approximate surface area is 103 Å². The second kappa shape index (κ2) is 6.12. The first-order valence-electron chi connectivity index (χ1n) is 6.40. The fourth-order valence-electron chi connectivity index (χ4n) is 2.03. The maximum atomic E-state index is 5.08. The van der Waals surface area contributed by atoms with Gasteiger partial charge in [-0.2, -0.15) is 0 Å². The van der Waals surface area contributed by atoms with E-state index < -0.39 is 0 Å². The zero-order chi connectivity index (χ0) is 12.1. The summed E-state index contributed by atoms with van der Waals surface area (Å²) in [7, 11) is 3.68. The monoisotopic (exact) mass is 238 g/mol. The summed E-state index contributed by atoms with van der Waals surface area (Å²) in [6.07, 6.45) is 4.86. The van der Waals surface area contributed by atoms with Crippen molar-refractivity contribution in [1.29, 1.82) is 0 Å². The van der Waals surface area contributed by atoms with Crippen LogP contribution in [0.5, 0.6) is 0 Å². The van der Waals surface area contributed by atoms with E-state index in [1.54, 1.807) is 7.11 Å². The highest BCUT2D eigenvalue weighted by Gasteiger charge is 2.25. The Morgan fingerprint density at radius 2 is 2.29 bits per heavy atom. The molecule has 0 unspecified atom stereocenters. The molecular formula is C12H22N4O. The molecule has 0 aromatic carbocycles. The average molecular weight is 238 g/mol. The van der Waals surface area contributed by atoms with Gasteiger partial charge in [0.25, 0.3) is 0 Å². The minimum absolute atomic E-state index is 0.782. The van der Waals surface area contributed by atoms with E-state index in [0.29, 0.717) is 0 Å². The van der Waals surface area contributed by atoms with Crippen molar-refractivity contribution < 1.29 is 4.74 Å². The fourth-order valence-corrected chi connectivity index (χ4v) is 2.03. The zero-order valence-electron chi connectivity index (χ0n) is 10.8. The molecule has 0 bridgehead atoms. The summed E-state index contributed by atoms with van der Waals surface area (Å²) in [4.78, 5) is 0. The van der Waals surface area contributed by atoms with Crippen LogP contribution < -0.4 is 5.32 Å². The van der Waals surface area contributed by atoms with Crippen LogP contribution >= 0.6 is 0 Å². The van der Waals surface area contributed by atoms with Gasteiger partial charge in [0.05, 0.1) is 11.4 Å². The van der Waals surface area contributed by atoms with Crippen molar-refractivity contribution in [1.82, 2.24) is 20.3 Å². The highest BCUT2D eigenvalue weighted by Crippen LogP contribution is 2.33. The highest BCUT2D eigenvalue weighted by molar-refractivity contribution is 5.12. The van der Waals surface area contributed by atoms with Crippen LogP contribution in [0.15, 0.2) is 0 Å². The van der Waals surface area contributed by atoms with Gasteiger partial charge in [-0.3, -0.25) is 0 Å². The fraction of sp³-hybridized carbons (Fsp3) is 0.833. The van der Waals surface area contributed by atoms with E-state index in [4.69, 9.17) is 4.74 Å². The van der Waals surface area contributed by atoms with E-state index in [1.165, 1.54) is 18.5 Å². The van der Waals surface area contributed by atoms with E-state index in [0.717, 1.165) is 44.1 Å². The first kappa shape index (κ1) is 12.5. The third-order valence-electron chi connectivity index (χ3n) is 3.16. The first-order chi connectivity index (χ1) is 8.35. The second-order valence-corrected chi connectivity index (χ2v) is 4.73. The van der Waals surface area contributed by atoms with Gasteiger partial charge < -0.3 is 10.1 Å². The van der Waals surface area contributed by atoms with Crippen LogP contribution in [-0.4, -0.2) is 35.8 Å². The Hall–Kier alpha value is -0.940. The molecule has 0 aliphatic heterocycles. The van der Waals surface area contributed by atoms with E-state index in [1.807, 2.05) is 7.05 Å². The number of ether oxygens (including phenoxy) is 1. The van der Waals surface area contributed by atoms with Gasteiger partial charge in [-0.15, -0.1) is 5.10 Å². The standard InChI is InChI=1S/C12H22N4O/c1-13-9-11-12(8-10-4-5-10)16(15-14-11)6-3-7-17-2/h10,13H,3-9H2,1-2H3. The summed E-state index contributed by atoms with van der Waals surface area (Å²) in [6.45, 7) is 2.50. The number of hydrogen-bond donors (Lipinski definition) is 1. The molecule has 1 aromatic heterocycles. The molecule has 1 aliphatic rings. The third-order valence-corrected chi connectivity index (χ3v) is 3.16. The third kappa shape index (κ3) is 3.51. The lowest BCUT2D eigenvalue weighted by molar-refractivity contribution is 0.188. The molecule has 5 heteroatoms. The van der Waals surface area contributed by atoms with E-state index in [9.17, 15) is 0 Å². The zero-order valence-corrected chi connectivity index (χ0v) is 10.8. The molecule has 96 valence electrons. The lowest BCUT2D eigenvalue weighted by atomic mass is 10.1. The van der Waals surface area contributed by atoms with Crippen molar-refractivity contribution in [3.63, 3.8) is 0 Å². The molecule has 1 N–H and O–H groups in total. The Balaban J connectivity index is 2.01. The van der Waals surface area contributed by atoms with E-state index in [-0.39, 0.29) is 0 Å². The van der Waals surface area contributed by atoms with Crippen molar-refractivity contribution in [3.05, 3.63) is 11.4 Å². The van der Waals surface area contributed by atoms with Crippen molar-refractivity contribution in [2.75, 3.05) is 20.8 Å². The normalized spacial score (nSPS) is 15.4. The van der Waals surface area contributed by atoms with E-state index in [2.05, 4.69) is 20.3 Å². The smallest absolute Gasteiger partial charge is 0.0996 e. The van der Waals surface area contributed by atoms with Gasteiger partial charge in [-0.05, 0) is 38.6 Å². The minimum atomic E-state index is 0.782. The number of rotatable bonds is 8. The van der Waals surface area contributed by atoms with Gasteiger partial charge in [-0.1, -0.05) is 5.21 Å². The van der Waals surface area contributed by atoms with Gasteiger partial charge in [-0.25, -0.2) is 4.68 Å². The molecule has 0 radical (unpaired) electrons. The molecule has 5 nitrogen and oxygen atoms in total. The number of hydrogen-bond acceptors (Lipinski definition) is 4. The number of aryl methyl sites for hydroxylation is 1. The van der Waals surface area contributed by atoms with Crippen LogP contribution in [0, 0.1) is 5.92 Å². The number of nitrogens with one attached hydrogen (secondary N) is 1. The Morgan fingerprint density at radius 3 is 2.94 bits per heavy atom. The molecule has 1 heterocycles. The molecule has 1 fully saturated rings. The Bertz CT molecular complexity index is 346. The lowest BCUT2D eigenvalue weighted by Crippen LogP contribution is -2.12. The predicted octanol–water partition coefficient (Wildman–Crippen LogP) is 0.986. The molecule has 2 rings (SSSR count). The minimum Gasteiger partial charge on any atom is -0.385 e. The molecular weight excluding hydrogens is 216 g/mol. The molecule has 17 heavy (non-hydrogen) atoms. The van der Waals surface area contributed by atoms with Gasteiger partial charge in [0.2, 0.25) is 0 Å². The second-order valence-electron chi connectivity index (χ2n) is 4.73. The van der Waals surface area contributed by atoms with Crippen LogP contribution in [0.2, 0.25) is 0 Å². The number of methoxy groups -OCH3 is 1. The van der Waals surface area contributed by atoms with Crippen molar-refractivity contribution in [3.8, 4) is 0 Å². The average Bonchev–Trinajstić information content (AvgIpc) is 3.06. The first-order valence-corrected chi connectivity index (χ1v) is 6.40. The predicted molar refractivity (Wildman–Crippen MR) is 65.7 cm³/mol. The molecule has 1 aromatic rings. The highest BCUT2D eigenvalue weighted by atomic mass is 16.5. The largest absolute Gasteiger partial charge is 0.385 e. The maximum absolute atomic E-state index is 5.08. The molecule has 0 atom stereocenters. The number of aromatic nitrogens is 3. The van der Waals surface area contributed by atoms with Gasteiger partial charge in [0, 0.05) is 26.8 Å². The number of nitrogens with zero attached hydrogens (tertiary/aromatic N) is 3. The molecule has 1 aliphatic carbocycles. The maximum Gasteiger partial charge on any atom is 0.0996 e. The summed E-state index contributed by atoms with van der Waals surface area (Å²) < 4.78 is 7.14. The van der Waals surface area contributed by atoms with Gasteiger partial charge >= 0.3 is 0 Å². The van der Waals surface area contributed by atoms with Crippen LogP contribution in [-0.2, 0) is 24.2 Å². The molecule has 1 saturated carbocycles. The Kier molecular flexibility index (Phi) is 4.50. The molecule has 0 saturated heterocycles. The molecule has 0 spiro atoms.